The smallest absolute Gasteiger partial charge is 0.311 e. The van der Waals surface area contributed by atoms with Gasteiger partial charge in [-0.05, 0) is 48.9 Å². The Morgan fingerprint density at radius 2 is 1.85 bits per heavy atom. The summed E-state index contributed by atoms with van der Waals surface area (Å²) >= 11 is 11.9. The predicted molar refractivity (Wildman–Crippen MR) is 103 cm³/mol. The zero-order valence-electron chi connectivity index (χ0n) is 14.6. The van der Waals surface area contributed by atoms with Crippen LogP contribution in [0.15, 0.2) is 42.5 Å². The average molecular weight is 406 g/mol. The molecule has 2 aromatic rings. The van der Waals surface area contributed by atoms with Gasteiger partial charge in [-0.25, -0.2) is 0 Å². The first-order chi connectivity index (χ1) is 12.8. The topological polar surface area (TPSA) is 63.7 Å². The van der Waals surface area contributed by atoms with E-state index in [9.17, 15) is 14.4 Å². The number of carbonyl (C=O) groups is 3. The summed E-state index contributed by atoms with van der Waals surface area (Å²) in [6, 6.07) is 11.6. The van der Waals surface area contributed by atoms with E-state index in [0.717, 1.165) is 5.56 Å². The van der Waals surface area contributed by atoms with Crippen LogP contribution in [0.25, 0.3) is 0 Å². The van der Waals surface area contributed by atoms with Crippen LogP contribution >= 0.6 is 23.2 Å². The normalized spacial score (nSPS) is 16.5. The Balaban J connectivity index is 1.59. The van der Waals surface area contributed by atoms with Crippen molar-refractivity contribution in [3.63, 3.8) is 0 Å². The molecule has 1 heterocycles. The highest BCUT2D eigenvalue weighted by atomic mass is 35.5. The van der Waals surface area contributed by atoms with Crippen molar-refractivity contribution in [1.29, 1.82) is 0 Å². The van der Waals surface area contributed by atoms with Gasteiger partial charge in [0.2, 0.25) is 5.91 Å². The molecule has 1 fully saturated rings. The fourth-order valence-electron chi connectivity index (χ4n) is 2.84. The van der Waals surface area contributed by atoms with Crippen LogP contribution in [-0.4, -0.2) is 30.8 Å². The van der Waals surface area contributed by atoms with Gasteiger partial charge in [-0.15, -0.1) is 0 Å². The van der Waals surface area contributed by atoms with Gasteiger partial charge >= 0.3 is 5.97 Å². The number of Topliss-reactive ketones (excluding diaryl/α,β-unsaturated/α-hetero) is 1. The minimum Gasteiger partial charge on any atom is -0.457 e. The maximum Gasteiger partial charge on any atom is 0.311 e. The minimum absolute atomic E-state index is 0.0411. The van der Waals surface area contributed by atoms with E-state index in [1.807, 2.05) is 13.0 Å². The molecule has 0 radical (unpaired) electrons. The third-order valence-electron chi connectivity index (χ3n) is 4.44. The number of ether oxygens (including phenoxy) is 1. The lowest BCUT2D eigenvalue weighted by Crippen LogP contribution is -2.27. The Morgan fingerprint density at radius 1 is 1.15 bits per heavy atom. The molecule has 2 aromatic carbocycles. The molecule has 1 aliphatic rings. The Labute approximate surface area is 166 Å². The summed E-state index contributed by atoms with van der Waals surface area (Å²) in [6.07, 6.45) is 0.0411. The highest BCUT2D eigenvalue weighted by molar-refractivity contribution is 6.31. The molecule has 0 aliphatic carbocycles. The van der Waals surface area contributed by atoms with Gasteiger partial charge in [0.15, 0.2) is 12.4 Å². The summed E-state index contributed by atoms with van der Waals surface area (Å²) in [5, 5.41) is 1.07. The maximum atomic E-state index is 12.3. The van der Waals surface area contributed by atoms with Crippen molar-refractivity contribution in [3.8, 4) is 0 Å². The summed E-state index contributed by atoms with van der Waals surface area (Å²) in [5.41, 5.74) is 1.96. The number of esters is 1. The van der Waals surface area contributed by atoms with E-state index < -0.39 is 11.9 Å². The quantitative estimate of drug-likeness (QED) is 0.555. The summed E-state index contributed by atoms with van der Waals surface area (Å²) in [4.78, 5) is 38.1. The Bertz CT molecular complexity index is 895. The zero-order valence-corrected chi connectivity index (χ0v) is 16.1. The van der Waals surface area contributed by atoms with Crippen molar-refractivity contribution in [2.75, 3.05) is 18.1 Å². The van der Waals surface area contributed by atoms with E-state index in [-0.39, 0.29) is 31.3 Å². The van der Waals surface area contributed by atoms with Gasteiger partial charge < -0.3 is 9.64 Å². The maximum absolute atomic E-state index is 12.3. The fourth-order valence-corrected chi connectivity index (χ4v) is 3.14. The van der Waals surface area contributed by atoms with Crippen molar-refractivity contribution in [3.05, 3.63) is 63.6 Å². The second-order valence-corrected chi connectivity index (χ2v) is 7.22. The number of hydrogen-bond acceptors (Lipinski definition) is 4. The van der Waals surface area contributed by atoms with Crippen LogP contribution in [0.3, 0.4) is 0 Å². The molecule has 140 valence electrons. The molecule has 0 spiro atoms. The van der Waals surface area contributed by atoms with Gasteiger partial charge in [-0.3, -0.25) is 14.4 Å². The van der Waals surface area contributed by atoms with Gasteiger partial charge in [0.05, 0.1) is 5.92 Å². The first kappa shape index (κ1) is 19.4. The van der Waals surface area contributed by atoms with E-state index in [4.69, 9.17) is 27.9 Å². The number of anilines is 1. The molecule has 7 heteroatoms. The van der Waals surface area contributed by atoms with Crippen LogP contribution in [0.4, 0.5) is 5.69 Å². The monoisotopic (exact) mass is 405 g/mol. The fraction of sp³-hybridized carbons (Fsp3) is 0.250. The van der Waals surface area contributed by atoms with E-state index in [1.165, 1.54) is 4.90 Å². The summed E-state index contributed by atoms with van der Waals surface area (Å²) < 4.78 is 5.12. The summed E-state index contributed by atoms with van der Waals surface area (Å²) in [7, 11) is 0. The lowest BCUT2D eigenvalue weighted by molar-refractivity contribution is -0.147. The molecule has 1 aliphatic heterocycles. The first-order valence-electron chi connectivity index (χ1n) is 8.37. The number of amides is 1. The lowest BCUT2D eigenvalue weighted by Gasteiger charge is -2.17. The Kier molecular flexibility index (Phi) is 5.82. The van der Waals surface area contributed by atoms with Gasteiger partial charge in [0, 0.05) is 34.3 Å². The minimum atomic E-state index is -0.615. The van der Waals surface area contributed by atoms with E-state index in [2.05, 4.69) is 0 Å². The number of nitrogens with zero attached hydrogens (tertiary/aromatic N) is 1. The summed E-state index contributed by atoms with van der Waals surface area (Å²) in [6.45, 7) is 1.70. The molecule has 0 N–H and O–H groups in total. The van der Waals surface area contributed by atoms with Crippen LogP contribution < -0.4 is 4.90 Å². The molecule has 5 nitrogen and oxygen atoms in total. The molecule has 0 bridgehead atoms. The molecule has 0 unspecified atom stereocenters. The number of halogens is 2. The molecule has 1 saturated heterocycles. The van der Waals surface area contributed by atoms with Crippen molar-refractivity contribution >= 4 is 46.5 Å². The van der Waals surface area contributed by atoms with Crippen LogP contribution in [0.1, 0.15) is 22.3 Å². The number of ketones is 1. The third-order valence-corrected chi connectivity index (χ3v) is 5.10. The van der Waals surface area contributed by atoms with Crippen LogP contribution in [0, 0.1) is 12.8 Å². The molecule has 27 heavy (non-hydrogen) atoms. The summed E-state index contributed by atoms with van der Waals surface area (Å²) in [5.74, 6) is -1.69. The lowest BCUT2D eigenvalue weighted by atomic mass is 10.1. The van der Waals surface area contributed by atoms with Gasteiger partial charge in [-0.1, -0.05) is 29.3 Å². The predicted octanol–water partition coefficient (Wildman–Crippen LogP) is 4.08. The van der Waals surface area contributed by atoms with Crippen molar-refractivity contribution in [1.82, 2.24) is 0 Å². The van der Waals surface area contributed by atoms with E-state index in [1.54, 1.807) is 36.4 Å². The molecule has 1 amide bonds. The first-order valence-corrected chi connectivity index (χ1v) is 9.12. The average Bonchev–Trinajstić information content (AvgIpc) is 3.04. The Morgan fingerprint density at radius 3 is 2.52 bits per heavy atom. The second kappa shape index (κ2) is 8.11. The number of aryl methyl sites for hydroxylation is 1. The van der Waals surface area contributed by atoms with Crippen molar-refractivity contribution in [2.45, 2.75) is 13.3 Å². The Hall–Kier alpha value is -2.37. The highest BCUT2D eigenvalue weighted by Crippen LogP contribution is 2.29. The number of hydrogen-bond donors (Lipinski definition) is 0. The van der Waals surface area contributed by atoms with Gasteiger partial charge in [0.1, 0.15) is 0 Å². The molecule has 3 rings (SSSR count). The second-order valence-electron chi connectivity index (χ2n) is 6.38. The number of rotatable bonds is 5. The van der Waals surface area contributed by atoms with Crippen LogP contribution in [0.5, 0.6) is 0 Å². The molecule has 0 saturated carbocycles. The van der Waals surface area contributed by atoms with Gasteiger partial charge in [-0.2, -0.15) is 0 Å². The van der Waals surface area contributed by atoms with E-state index >= 15 is 0 Å². The highest BCUT2D eigenvalue weighted by Gasteiger charge is 2.36. The SMILES string of the molecule is Cc1ccc(N2C[C@@H](C(=O)OCC(=O)c3ccc(Cl)cc3)CC2=O)cc1Cl. The van der Waals surface area contributed by atoms with Gasteiger partial charge in [0.25, 0.3) is 0 Å². The third kappa shape index (κ3) is 4.49. The standard InChI is InChI=1S/C20H17Cl2NO4/c1-12-2-7-16(9-17(12)22)23-10-14(8-19(23)25)20(26)27-11-18(24)13-3-5-15(21)6-4-13/h2-7,9,14H,8,10-11H2,1H3/t14-/m0/s1. The zero-order chi connectivity index (χ0) is 19.6. The van der Waals surface area contributed by atoms with Crippen LogP contribution in [-0.2, 0) is 14.3 Å². The molecule has 0 aromatic heterocycles. The molecule has 1 atom stereocenters. The van der Waals surface area contributed by atoms with Crippen LogP contribution in [0.2, 0.25) is 10.0 Å². The largest absolute Gasteiger partial charge is 0.457 e. The van der Waals surface area contributed by atoms with E-state index in [0.29, 0.717) is 21.3 Å². The van der Waals surface area contributed by atoms with Crippen molar-refractivity contribution in [2.24, 2.45) is 5.92 Å². The number of benzene rings is 2. The molecular formula is C20H17Cl2NO4. The molecular weight excluding hydrogens is 389 g/mol. The van der Waals surface area contributed by atoms with Crippen molar-refractivity contribution < 1.29 is 19.1 Å². The number of carbonyl (C=O) groups excluding carboxylic acids is 3.